The fourth-order valence-corrected chi connectivity index (χ4v) is 7.65. The van der Waals surface area contributed by atoms with Crippen LogP contribution in [0.25, 0.3) is 0 Å². The Bertz CT molecular complexity index is 1590. The summed E-state index contributed by atoms with van der Waals surface area (Å²) in [4.78, 5) is 28.4. The van der Waals surface area contributed by atoms with Crippen molar-refractivity contribution in [3.8, 4) is 5.75 Å². The van der Waals surface area contributed by atoms with Crippen LogP contribution in [0.15, 0.2) is 72.8 Å². The highest BCUT2D eigenvalue weighted by atomic mass is 32.2. The number of carbonyl (C=O) groups excluding carboxylic acids is 2. The van der Waals surface area contributed by atoms with E-state index >= 15 is 4.79 Å². The maximum atomic E-state index is 15.7. The Morgan fingerprint density at radius 3 is 1.58 bits per heavy atom. The van der Waals surface area contributed by atoms with Gasteiger partial charge in [0.05, 0.1) is 12.2 Å². The monoisotopic (exact) mass is 679 g/mol. The molecule has 0 fully saturated rings. The van der Waals surface area contributed by atoms with E-state index in [0.717, 1.165) is 11.1 Å². The highest BCUT2D eigenvalue weighted by molar-refractivity contribution is 7.89. The van der Waals surface area contributed by atoms with E-state index in [-0.39, 0.29) is 19.8 Å². The van der Waals surface area contributed by atoms with E-state index in [4.69, 9.17) is 14.2 Å². The average molecular weight is 680 g/mol. The molecule has 0 radical (unpaired) electrons. The normalized spacial score (nSPS) is 13.0. The first-order valence-corrected chi connectivity index (χ1v) is 18.0. The molecule has 0 saturated carbocycles. The average Bonchev–Trinajstić information content (AvgIpc) is 3.00. The van der Waals surface area contributed by atoms with Crippen LogP contribution in [-0.4, -0.2) is 56.3 Å². The molecule has 0 bridgehead atoms. The second-order valence-electron chi connectivity index (χ2n) is 15.0. The van der Waals surface area contributed by atoms with Crippen molar-refractivity contribution in [3.05, 3.63) is 101 Å². The van der Waals surface area contributed by atoms with Crippen molar-refractivity contribution >= 4 is 21.8 Å². The molecular formula is C39H53NO7S. The fourth-order valence-electron chi connectivity index (χ4n) is 5.90. The van der Waals surface area contributed by atoms with Gasteiger partial charge < -0.3 is 14.2 Å². The second kappa shape index (κ2) is 14.9. The van der Waals surface area contributed by atoms with Gasteiger partial charge >= 0.3 is 5.97 Å². The van der Waals surface area contributed by atoms with E-state index in [9.17, 15) is 13.2 Å². The van der Waals surface area contributed by atoms with Crippen molar-refractivity contribution in [3.63, 3.8) is 0 Å². The lowest BCUT2D eigenvalue weighted by molar-refractivity contribution is -0.154. The number of methoxy groups -OCH3 is 1. The van der Waals surface area contributed by atoms with Crippen LogP contribution in [0.3, 0.4) is 0 Å². The Balaban J connectivity index is 2.45. The first-order valence-electron chi connectivity index (χ1n) is 16.4. The predicted molar refractivity (Wildman–Crippen MR) is 191 cm³/mol. The Morgan fingerprint density at radius 1 is 0.750 bits per heavy atom. The first-order chi connectivity index (χ1) is 22.2. The molecule has 0 aromatic heterocycles. The Morgan fingerprint density at radius 2 is 1.21 bits per heavy atom. The molecular weight excluding hydrogens is 626 g/mol. The molecule has 0 heterocycles. The molecule has 0 aliphatic rings. The standard InChI is InChI=1S/C39H53NO7S/c1-12-40(48(43,44)24-23-33(41)47-38(8,9)10)39(29-19-15-13-16-20-29,30-21-17-14-18-22-30)35(42)28-25-31(36(2,3)4)34(46-27-45-11)32(26-28)37(5,6)7/h13-22,25-26H,12,23-24,27H2,1-11H3. The number of rotatable bonds is 13. The zero-order chi connectivity index (χ0) is 36.1. The van der Waals surface area contributed by atoms with Crippen molar-refractivity contribution < 1.29 is 32.2 Å². The number of sulfonamides is 1. The molecule has 0 saturated heterocycles. The van der Waals surface area contributed by atoms with Crippen LogP contribution in [0.5, 0.6) is 5.75 Å². The number of ether oxygens (including phenoxy) is 3. The molecule has 3 aromatic carbocycles. The third-order valence-corrected chi connectivity index (χ3v) is 9.90. The molecule has 0 N–H and O–H groups in total. The van der Waals surface area contributed by atoms with Gasteiger partial charge in [-0.3, -0.25) is 9.59 Å². The van der Waals surface area contributed by atoms with E-state index in [0.29, 0.717) is 22.4 Å². The number of ketones is 1. The number of likely N-dealkylation sites (N-methyl/N-ethyl adjacent to an activating group) is 1. The number of Topliss-reactive ketones (excluding diaryl/α,β-unsaturated/α-hetero) is 1. The molecule has 0 atom stereocenters. The molecule has 0 aliphatic carbocycles. The summed E-state index contributed by atoms with van der Waals surface area (Å²) >= 11 is 0. The van der Waals surface area contributed by atoms with Gasteiger partial charge in [-0.1, -0.05) is 109 Å². The van der Waals surface area contributed by atoms with Crippen LogP contribution in [0.4, 0.5) is 0 Å². The summed E-state index contributed by atoms with van der Waals surface area (Å²) in [6, 6.07) is 21.6. The highest BCUT2D eigenvalue weighted by Crippen LogP contribution is 2.45. The van der Waals surface area contributed by atoms with E-state index in [1.54, 1.807) is 83.3 Å². The highest BCUT2D eigenvalue weighted by Gasteiger charge is 2.52. The van der Waals surface area contributed by atoms with Crippen molar-refractivity contribution in [1.29, 1.82) is 0 Å². The van der Waals surface area contributed by atoms with E-state index in [1.165, 1.54) is 4.31 Å². The zero-order valence-electron chi connectivity index (χ0n) is 30.5. The quantitative estimate of drug-likeness (QED) is 0.103. The molecule has 0 aliphatic heterocycles. The van der Waals surface area contributed by atoms with Crippen LogP contribution in [0.1, 0.15) is 108 Å². The smallest absolute Gasteiger partial charge is 0.307 e. The first kappa shape index (κ1) is 38.9. The maximum Gasteiger partial charge on any atom is 0.307 e. The molecule has 3 rings (SSSR count). The van der Waals surface area contributed by atoms with Crippen LogP contribution in [0, 0.1) is 0 Å². The molecule has 8 nitrogen and oxygen atoms in total. The lowest BCUT2D eigenvalue weighted by Gasteiger charge is -2.43. The van der Waals surface area contributed by atoms with Gasteiger partial charge in [0.1, 0.15) is 16.9 Å². The van der Waals surface area contributed by atoms with Gasteiger partial charge in [-0.25, -0.2) is 8.42 Å². The predicted octanol–water partition coefficient (Wildman–Crippen LogP) is 7.77. The van der Waals surface area contributed by atoms with Gasteiger partial charge in [0.15, 0.2) is 12.6 Å². The van der Waals surface area contributed by atoms with Crippen molar-refractivity contribution in [2.24, 2.45) is 0 Å². The van der Waals surface area contributed by atoms with Gasteiger partial charge in [0.25, 0.3) is 0 Å². The Hall–Kier alpha value is -3.53. The summed E-state index contributed by atoms with van der Waals surface area (Å²) in [5.41, 5.74) is -0.602. The topological polar surface area (TPSA) is 99.2 Å². The molecule has 262 valence electrons. The third kappa shape index (κ3) is 8.73. The molecule has 3 aromatic rings. The minimum Gasteiger partial charge on any atom is -0.467 e. The van der Waals surface area contributed by atoms with Crippen LogP contribution < -0.4 is 4.74 Å². The summed E-state index contributed by atoms with van der Waals surface area (Å²) in [6.07, 6.45) is -0.363. The largest absolute Gasteiger partial charge is 0.467 e. The summed E-state index contributed by atoms with van der Waals surface area (Å²) < 4.78 is 47.2. The maximum absolute atomic E-state index is 15.7. The summed E-state index contributed by atoms with van der Waals surface area (Å²) in [7, 11) is -2.70. The second-order valence-corrected chi connectivity index (χ2v) is 17.1. The number of nitrogens with zero attached hydrogens (tertiary/aromatic N) is 1. The molecule has 0 spiro atoms. The van der Waals surface area contributed by atoms with Crippen LogP contribution in [-0.2, 0) is 40.7 Å². The SMILES string of the molecule is CCN(C(C(=O)c1cc(C(C)(C)C)c(OCOC)c(C(C)(C)C)c1)(c1ccccc1)c1ccccc1)S(=O)(=O)CCC(=O)OC(C)(C)C. The van der Waals surface area contributed by atoms with Gasteiger partial charge in [-0.15, -0.1) is 0 Å². The molecule has 0 unspecified atom stereocenters. The lowest BCUT2D eigenvalue weighted by atomic mass is 9.73. The number of hydrogen-bond acceptors (Lipinski definition) is 7. The van der Waals surface area contributed by atoms with Crippen molar-refractivity contribution in [2.45, 2.75) is 97.6 Å². The van der Waals surface area contributed by atoms with E-state index in [2.05, 4.69) is 0 Å². The molecule has 48 heavy (non-hydrogen) atoms. The number of esters is 1. The van der Waals surface area contributed by atoms with E-state index in [1.807, 2.05) is 65.8 Å². The number of carbonyl (C=O) groups is 2. The Labute approximate surface area is 287 Å². The van der Waals surface area contributed by atoms with Gasteiger partial charge in [0, 0.05) is 30.3 Å². The molecule has 0 amide bonds. The third-order valence-electron chi connectivity index (χ3n) is 7.98. The number of hydrogen-bond donors (Lipinski definition) is 0. The van der Waals surface area contributed by atoms with E-state index < -0.39 is 49.5 Å². The van der Waals surface area contributed by atoms with Gasteiger partial charge in [0.2, 0.25) is 10.0 Å². The summed E-state index contributed by atoms with van der Waals surface area (Å²) in [5, 5.41) is 0. The van der Waals surface area contributed by atoms with Crippen molar-refractivity contribution in [1.82, 2.24) is 4.31 Å². The zero-order valence-corrected chi connectivity index (χ0v) is 31.3. The minimum absolute atomic E-state index is 0.0247. The Kier molecular flexibility index (Phi) is 12.1. The summed E-state index contributed by atoms with van der Waals surface area (Å²) in [5.74, 6) is -0.947. The lowest BCUT2D eigenvalue weighted by Crippen LogP contribution is -2.56. The number of benzene rings is 3. The molecule has 9 heteroatoms. The van der Waals surface area contributed by atoms with Gasteiger partial charge in [-0.2, -0.15) is 4.31 Å². The summed E-state index contributed by atoms with van der Waals surface area (Å²) in [6.45, 7) is 19.2. The van der Waals surface area contributed by atoms with Crippen LogP contribution in [0.2, 0.25) is 0 Å². The van der Waals surface area contributed by atoms with Crippen molar-refractivity contribution in [2.75, 3.05) is 26.2 Å². The fraction of sp³-hybridized carbons (Fsp3) is 0.487. The van der Waals surface area contributed by atoms with Gasteiger partial charge in [-0.05, 0) is 54.9 Å². The minimum atomic E-state index is -4.26. The van der Waals surface area contributed by atoms with Crippen LogP contribution >= 0.6 is 0 Å².